The van der Waals surface area contributed by atoms with Gasteiger partial charge in [0.05, 0.1) is 10.5 Å². The van der Waals surface area contributed by atoms with Crippen LogP contribution in [0.15, 0.2) is 56.5 Å². The average Bonchev–Trinajstić information content (AvgIpc) is 3.32. The fourth-order valence-electron chi connectivity index (χ4n) is 2.68. The van der Waals surface area contributed by atoms with E-state index in [-0.39, 0.29) is 17.1 Å². The molecule has 0 saturated heterocycles. The van der Waals surface area contributed by atoms with Crippen molar-refractivity contribution < 1.29 is 14.1 Å². The summed E-state index contributed by atoms with van der Waals surface area (Å²) in [6.45, 7) is 1.94. The van der Waals surface area contributed by atoms with Crippen LogP contribution in [0.1, 0.15) is 19.1 Å². The van der Waals surface area contributed by atoms with Crippen LogP contribution in [-0.2, 0) is 4.79 Å². The number of aliphatic imine (C=N–C) groups is 1. The van der Waals surface area contributed by atoms with Crippen molar-refractivity contribution in [2.45, 2.75) is 13.3 Å². The number of amides is 1. The lowest BCUT2D eigenvalue weighted by Gasteiger charge is -2.19. The molecule has 2 aliphatic rings. The highest BCUT2D eigenvalue weighted by Crippen LogP contribution is 2.30. The third-order valence-corrected chi connectivity index (χ3v) is 5.11. The molecule has 1 aromatic heterocycles. The van der Waals surface area contributed by atoms with Gasteiger partial charge >= 0.3 is 0 Å². The van der Waals surface area contributed by atoms with E-state index in [1.54, 1.807) is 24.3 Å². The first-order chi connectivity index (χ1) is 13.5. The molecule has 0 spiro atoms. The topological polar surface area (TPSA) is 125 Å². The first-order valence-corrected chi connectivity index (χ1v) is 9.11. The number of fused-ring (bicyclic) bond motifs is 1. The molecular weight excluding hydrogens is 382 g/mol. The molecule has 140 valence electrons. The van der Waals surface area contributed by atoms with Crippen LogP contribution in [0.4, 0.5) is 5.69 Å². The lowest BCUT2D eigenvalue weighted by molar-refractivity contribution is -0.384. The Labute approximate surface area is 163 Å². The van der Waals surface area contributed by atoms with E-state index in [1.165, 1.54) is 35.0 Å². The molecule has 2 aliphatic heterocycles. The van der Waals surface area contributed by atoms with Gasteiger partial charge in [0.25, 0.3) is 11.6 Å². The number of nitrogens with zero attached hydrogens (tertiary/aromatic N) is 4. The van der Waals surface area contributed by atoms with Gasteiger partial charge in [-0.2, -0.15) is 15.1 Å². The van der Waals surface area contributed by atoms with E-state index in [1.807, 2.05) is 6.92 Å². The van der Waals surface area contributed by atoms with E-state index in [0.29, 0.717) is 28.7 Å². The van der Waals surface area contributed by atoms with Crippen molar-refractivity contribution in [3.05, 3.63) is 57.8 Å². The molecule has 0 saturated carbocycles. The van der Waals surface area contributed by atoms with Gasteiger partial charge in [-0.05, 0) is 36.4 Å². The van der Waals surface area contributed by atoms with Crippen LogP contribution in [0, 0.1) is 15.5 Å². The molecule has 0 aliphatic carbocycles. The van der Waals surface area contributed by atoms with Crippen LogP contribution in [0.2, 0.25) is 0 Å². The molecule has 1 aromatic carbocycles. The summed E-state index contributed by atoms with van der Waals surface area (Å²) in [6, 6.07) is 9.33. The van der Waals surface area contributed by atoms with Crippen molar-refractivity contribution in [2.75, 3.05) is 0 Å². The maximum atomic E-state index is 12.3. The Morgan fingerprint density at radius 3 is 2.93 bits per heavy atom. The number of amidine groups is 2. The molecule has 1 N–H and O–H groups in total. The number of nitro benzene ring substituents is 1. The molecule has 3 heterocycles. The van der Waals surface area contributed by atoms with Gasteiger partial charge in [-0.3, -0.25) is 20.3 Å². The number of nitrogens with one attached hydrogen (secondary N) is 1. The second-order valence-electron chi connectivity index (χ2n) is 5.88. The minimum Gasteiger partial charge on any atom is -0.457 e. The molecule has 0 fully saturated rings. The molecule has 0 bridgehead atoms. The van der Waals surface area contributed by atoms with Crippen LogP contribution in [-0.4, -0.2) is 31.9 Å². The lowest BCUT2D eigenvalue weighted by atomic mass is 10.1. The van der Waals surface area contributed by atoms with E-state index in [9.17, 15) is 14.9 Å². The summed E-state index contributed by atoms with van der Waals surface area (Å²) in [4.78, 5) is 26.8. The zero-order chi connectivity index (χ0) is 19.8. The van der Waals surface area contributed by atoms with Crippen LogP contribution < -0.4 is 0 Å². The molecule has 0 atom stereocenters. The Bertz CT molecular complexity index is 1110. The Kier molecular flexibility index (Phi) is 4.40. The largest absolute Gasteiger partial charge is 0.457 e. The van der Waals surface area contributed by atoms with E-state index in [0.717, 1.165) is 5.04 Å². The van der Waals surface area contributed by atoms with Crippen molar-refractivity contribution in [3.8, 4) is 11.3 Å². The number of carbonyl (C=O) groups excluding carboxylic acids is 1. The molecule has 0 radical (unpaired) electrons. The van der Waals surface area contributed by atoms with Crippen molar-refractivity contribution in [1.29, 1.82) is 5.41 Å². The van der Waals surface area contributed by atoms with Gasteiger partial charge in [0.2, 0.25) is 5.17 Å². The molecule has 28 heavy (non-hydrogen) atoms. The number of furan rings is 1. The number of hydrogen-bond donors (Lipinski definition) is 1. The van der Waals surface area contributed by atoms with Gasteiger partial charge < -0.3 is 4.42 Å². The second-order valence-corrected chi connectivity index (χ2v) is 6.92. The average molecular weight is 395 g/mol. The normalized spacial score (nSPS) is 17.6. The second kappa shape index (κ2) is 6.89. The summed E-state index contributed by atoms with van der Waals surface area (Å²) >= 11 is 1.27. The smallest absolute Gasteiger partial charge is 0.283 e. The van der Waals surface area contributed by atoms with Crippen LogP contribution in [0.25, 0.3) is 17.4 Å². The summed E-state index contributed by atoms with van der Waals surface area (Å²) in [5, 5.41) is 26.0. The van der Waals surface area contributed by atoms with Gasteiger partial charge in [-0.25, -0.2) is 0 Å². The number of non-ortho nitro benzene ring substituents is 1. The minimum atomic E-state index is -0.537. The van der Waals surface area contributed by atoms with Crippen molar-refractivity contribution in [1.82, 2.24) is 5.01 Å². The summed E-state index contributed by atoms with van der Waals surface area (Å²) < 4.78 is 5.70. The predicted octanol–water partition coefficient (Wildman–Crippen LogP) is 3.88. The number of hydrogen-bond acceptors (Lipinski definition) is 7. The standard InChI is InChI=1S/C18H13N5O4S/c1-2-15-21-22-16(19)13(17(24)20-18(22)28-15)9-12-6-7-14(27-12)10-4-3-5-11(8-10)23(25)26/h3-9,19H,2H2,1H3/b13-9+,19-16?. The first-order valence-electron chi connectivity index (χ1n) is 8.30. The molecule has 2 aromatic rings. The fourth-order valence-corrected chi connectivity index (χ4v) is 3.50. The number of hydrazone groups is 1. The third kappa shape index (κ3) is 3.14. The van der Waals surface area contributed by atoms with E-state index in [2.05, 4.69) is 10.1 Å². The highest BCUT2D eigenvalue weighted by atomic mass is 32.2. The highest BCUT2D eigenvalue weighted by Gasteiger charge is 2.35. The molecular formula is C18H13N5O4S. The number of carbonyl (C=O) groups is 1. The molecule has 9 nitrogen and oxygen atoms in total. The van der Waals surface area contributed by atoms with Crippen LogP contribution >= 0.6 is 11.8 Å². The molecule has 10 heteroatoms. The summed E-state index contributed by atoms with van der Waals surface area (Å²) in [7, 11) is 0. The van der Waals surface area contributed by atoms with Crippen molar-refractivity contribution >= 4 is 45.5 Å². The maximum absolute atomic E-state index is 12.3. The Morgan fingerprint density at radius 1 is 1.36 bits per heavy atom. The fraction of sp³-hybridized carbons (Fsp3) is 0.111. The monoisotopic (exact) mass is 395 g/mol. The Hall–Kier alpha value is -3.53. The van der Waals surface area contributed by atoms with Gasteiger partial charge in [-0.1, -0.05) is 19.1 Å². The first kappa shape index (κ1) is 17.9. The van der Waals surface area contributed by atoms with E-state index >= 15 is 0 Å². The molecule has 1 amide bonds. The van der Waals surface area contributed by atoms with Gasteiger partial charge in [0.15, 0.2) is 5.84 Å². The number of thioether (sulfide) groups is 1. The number of benzene rings is 1. The summed E-state index contributed by atoms with van der Waals surface area (Å²) in [5.41, 5.74) is 0.554. The number of nitro groups is 1. The van der Waals surface area contributed by atoms with Gasteiger partial charge in [0.1, 0.15) is 16.6 Å². The Morgan fingerprint density at radius 2 is 2.18 bits per heavy atom. The zero-order valence-electron chi connectivity index (χ0n) is 14.6. The van der Waals surface area contributed by atoms with Crippen LogP contribution in [0.5, 0.6) is 0 Å². The summed E-state index contributed by atoms with van der Waals surface area (Å²) in [5.74, 6) is 0.140. The van der Waals surface area contributed by atoms with E-state index in [4.69, 9.17) is 9.83 Å². The quantitative estimate of drug-likeness (QED) is 0.476. The minimum absolute atomic E-state index is 0.0453. The highest BCUT2D eigenvalue weighted by molar-refractivity contribution is 8.26. The van der Waals surface area contributed by atoms with Crippen molar-refractivity contribution in [2.24, 2.45) is 10.1 Å². The lowest BCUT2D eigenvalue weighted by Crippen LogP contribution is -2.35. The third-order valence-electron chi connectivity index (χ3n) is 4.05. The zero-order valence-corrected chi connectivity index (χ0v) is 15.4. The Balaban J connectivity index is 1.65. The molecule has 4 rings (SSSR count). The SMILES string of the molecule is CCC1=NN2C(=N)/C(=C\c3ccc(-c4cccc([N+](=O)[O-])c4)o3)C(=O)N=C2S1. The number of rotatable bonds is 4. The van der Waals surface area contributed by atoms with E-state index < -0.39 is 10.8 Å². The predicted molar refractivity (Wildman–Crippen MR) is 106 cm³/mol. The maximum Gasteiger partial charge on any atom is 0.283 e. The van der Waals surface area contributed by atoms with Crippen molar-refractivity contribution in [3.63, 3.8) is 0 Å². The molecule has 0 unspecified atom stereocenters. The van der Waals surface area contributed by atoms with Crippen LogP contribution in [0.3, 0.4) is 0 Å². The summed E-state index contributed by atoms with van der Waals surface area (Å²) in [6.07, 6.45) is 2.11. The van der Waals surface area contributed by atoms with Gasteiger partial charge in [-0.15, -0.1) is 0 Å². The van der Waals surface area contributed by atoms with Gasteiger partial charge in [0, 0.05) is 17.7 Å².